The maximum absolute atomic E-state index is 14.3. The average molecular weight is 407 g/mol. The van der Waals surface area contributed by atoms with Crippen LogP contribution in [0.2, 0.25) is 0 Å². The molecule has 2 aromatic rings. The number of hydrogen-bond donors (Lipinski definition) is 1. The van der Waals surface area contributed by atoms with Crippen molar-refractivity contribution in [2.24, 2.45) is 0 Å². The van der Waals surface area contributed by atoms with Gasteiger partial charge in [0.2, 0.25) is 10.0 Å². The molecule has 150 valence electrons. The van der Waals surface area contributed by atoms with Gasteiger partial charge in [0.25, 0.3) is 5.91 Å². The first-order valence-electron chi connectivity index (χ1n) is 9.03. The number of quaternary nitrogens is 1. The zero-order valence-electron chi connectivity index (χ0n) is 15.9. The van der Waals surface area contributed by atoms with Gasteiger partial charge in [-0.15, -0.1) is 0 Å². The van der Waals surface area contributed by atoms with Gasteiger partial charge in [-0.2, -0.15) is 0 Å². The van der Waals surface area contributed by atoms with E-state index < -0.39 is 21.7 Å². The molecule has 0 radical (unpaired) electrons. The number of rotatable bonds is 5. The lowest BCUT2D eigenvalue weighted by Crippen LogP contribution is -3.13. The number of piperazine rings is 1. The fourth-order valence-electron chi connectivity index (χ4n) is 3.20. The predicted molar refractivity (Wildman–Crippen MR) is 102 cm³/mol. The lowest BCUT2D eigenvalue weighted by Gasteiger charge is -2.32. The third-order valence-corrected chi connectivity index (χ3v) is 6.72. The maximum atomic E-state index is 14.3. The molecular weight excluding hydrogens is 383 g/mol. The van der Waals surface area contributed by atoms with E-state index in [1.807, 2.05) is 12.1 Å². The average Bonchev–Trinajstić information content (AvgIpc) is 2.69. The van der Waals surface area contributed by atoms with Crippen LogP contribution in [-0.2, 0) is 16.6 Å². The molecule has 3 rings (SSSR count). The van der Waals surface area contributed by atoms with E-state index >= 15 is 0 Å². The number of benzene rings is 1. The SMILES string of the molecule is CN(C)S(=O)(=O)c1ccc(F)c(C(=O)N2CC[NH+](Cc3ccncc3)CC2)c1. The zero-order valence-corrected chi connectivity index (χ0v) is 16.7. The fraction of sp³-hybridized carbons (Fsp3) is 0.368. The molecule has 0 saturated carbocycles. The molecular formula is C19H24FN4O3S+. The summed E-state index contributed by atoms with van der Waals surface area (Å²) in [5.74, 6) is -1.19. The Hall–Kier alpha value is -2.36. The van der Waals surface area contributed by atoms with Gasteiger partial charge in [-0.25, -0.2) is 17.1 Å². The Morgan fingerprint density at radius 2 is 1.82 bits per heavy atom. The van der Waals surface area contributed by atoms with Crippen LogP contribution in [0.4, 0.5) is 4.39 Å². The van der Waals surface area contributed by atoms with E-state index in [9.17, 15) is 17.6 Å². The van der Waals surface area contributed by atoms with Gasteiger partial charge in [-0.1, -0.05) is 0 Å². The smallest absolute Gasteiger partial charge is 0.257 e. The Morgan fingerprint density at radius 1 is 1.18 bits per heavy atom. The van der Waals surface area contributed by atoms with E-state index in [2.05, 4.69) is 4.98 Å². The topological polar surface area (TPSA) is 75.0 Å². The third-order valence-electron chi connectivity index (χ3n) is 4.91. The largest absolute Gasteiger partial charge is 0.328 e. The quantitative estimate of drug-likeness (QED) is 0.758. The van der Waals surface area contributed by atoms with Crippen molar-refractivity contribution in [3.63, 3.8) is 0 Å². The molecule has 2 heterocycles. The first-order chi connectivity index (χ1) is 13.3. The molecule has 0 spiro atoms. The number of hydrogen-bond acceptors (Lipinski definition) is 4. The number of sulfonamides is 1. The van der Waals surface area contributed by atoms with E-state index in [1.54, 1.807) is 17.3 Å². The van der Waals surface area contributed by atoms with Gasteiger partial charge in [0.05, 0.1) is 36.6 Å². The van der Waals surface area contributed by atoms with E-state index in [0.29, 0.717) is 13.1 Å². The molecule has 1 saturated heterocycles. The predicted octanol–water partition coefficient (Wildman–Crippen LogP) is 0.0119. The molecule has 9 heteroatoms. The molecule has 1 aliphatic heterocycles. The van der Waals surface area contributed by atoms with Crippen LogP contribution in [0, 0.1) is 5.82 Å². The molecule has 0 atom stereocenters. The number of aromatic nitrogens is 1. The highest BCUT2D eigenvalue weighted by molar-refractivity contribution is 7.89. The van der Waals surface area contributed by atoms with Crippen LogP contribution in [0.15, 0.2) is 47.6 Å². The minimum Gasteiger partial charge on any atom is -0.328 e. The van der Waals surface area contributed by atoms with Gasteiger partial charge in [-0.3, -0.25) is 9.78 Å². The van der Waals surface area contributed by atoms with Gasteiger partial charge in [-0.05, 0) is 30.3 Å². The second-order valence-electron chi connectivity index (χ2n) is 7.00. The van der Waals surface area contributed by atoms with Gasteiger partial charge in [0.15, 0.2) is 0 Å². The zero-order chi connectivity index (χ0) is 20.3. The van der Waals surface area contributed by atoms with Gasteiger partial charge in [0, 0.05) is 32.1 Å². The summed E-state index contributed by atoms with van der Waals surface area (Å²) in [7, 11) is -0.949. The van der Waals surface area contributed by atoms with Crippen molar-refractivity contribution in [2.45, 2.75) is 11.4 Å². The van der Waals surface area contributed by atoms with E-state index in [1.165, 1.54) is 30.6 Å². The van der Waals surface area contributed by atoms with Crippen molar-refractivity contribution < 1.29 is 22.5 Å². The van der Waals surface area contributed by atoms with Gasteiger partial charge < -0.3 is 9.80 Å². The third kappa shape index (κ3) is 4.37. The van der Waals surface area contributed by atoms with Crippen LogP contribution < -0.4 is 4.90 Å². The molecule has 1 aromatic heterocycles. The number of amides is 1. The van der Waals surface area contributed by atoms with Gasteiger partial charge >= 0.3 is 0 Å². The highest BCUT2D eigenvalue weighted by atomic mass is 32.2. The van der Waals surface area contributed by atoms with Crippen LogP contribution in [0.1, 0.15) is 15.9 Å². The number of carbonyl (C=O) groups excluding carboxylic acids is 1. The first kappa shape index (κ1) is 20.4. The number of nitrogens with one attached hydrogen (secondary N) is 1. The van der Waals surface area contributed by atoms with Crippen LogP contribution in [0.3, 0.4) is 0 Å². The molecule has 1 aliphatic rings. The minimum absolute atomic E-state index is 0.0933. The van der Waals surface area contributed by atoms with Crippen LogP contribution >= 0.6 is 0 Å². The maximum Gasteiger partial charge on any atom is 0.257 e. The number of nitrogens with zero attached hydrogens (tertiary/aromatic N) is 3. The molecule has 0 bridgehead atoms. The second kappa shape index (κ2) is 8.34. The van der Waals surface area contributed by atoms with Crippen LogP contribution in [-0.4, -0.2) is 68.8 Å². The molecule has 28 heavy (non-hydrogen) atoms. The number of halogens is 1. The summed E-state index contributed by atoms with van der Waals surface area (Å²) in [6.45, 7) is 3.30. The Bertz CT molecular complexity index is 943. The molecule has 1 N–H and O–H groups in total. The molecule has 1 amide bonds. The van der Waals surface area contributed by atoms with Crippen molar-refractivity contribution in [1.29, 1.82) is 0 Å². The van der Waals surface area contributed by atoms with Crippen molar-refractivity contribution in [3.8, 4) is 0 Å². The Balaban J connectivity index is 1.70. The molecule has 1 fully saturated rings. The second-order valence-corrected chi connectivity index (χ2v) is 9.16. The first-order valence-corrected chi connectivity index (χ1v) is 10.5. The summed E-state index contributed by atoms with van der Waals surface area (Å²) < 4.78 is 39.9. The van der Waals surface area contributed by atoms with Crippen molar-refractivity contribution in [2.75, 3.05) is 40.3 Å². The fourth-order valence-corrected chi connectivity index (χ4v) is 4.13. The van der Waals surface area contributed by atoms with Gasteiger partial charge in [0.1, 0.15) is 12.4 Å². The lowest BCUT2D eigenvalue weighted by atomic mass is 10.1. The highest BCUT2D eigenvalue weighted by Gasteiger charge is 2.28. The van der Waals surface area contributed by atoms with E-state index in [4.69, 9.17) is 0 Å². The molecule has 7 nitrogen and oxygen atoms in total. The minimum atomic E-state index is -3.74. The summed E-state index contributed by atoms with van der Waals surface area (Å²) in [6.07, 6.45) is 3.51. The van der Waals surface area contributed by atoms with Crippen molar-refractivity contribution in [1.82, 2.24) is 14.2 Å². The highest BCUT2D eigenvalue weighted by Crippen LogP contribution is 2.19. The molecule has 1 aromatic carbocycles. The Morgan fingerprint density at radius 3 is 2.43 bits per heavy atom. The summed E-state index contributed by atoms with van der Waals surface area (Å²) in [6, 6.07) is 7.28. The van der Waals surface area contributed by atoms with E-state index in [0.717, 1.165) is 36.1 Å². The summed E-state index contributed by atoms with van der Waals surface area (Å²) >= 11 is 0. The summed E-state index contributed by atoms with van der Waals surface area (Å²) in [4.78, 5) is 19.6. The molecule has 0 aliphatic carbocycles. The summed E-state index contributed by atoms with van der Waals surface area (Å²) in [5, 5.41) is 0. The summed E-state index contributed by atoms with van der Waals surface area (Å²) in [5.41, 5.74) is 0.970. The standard InChI is InChI=1S/C19H23FN4O3S/c1-22(2)28(26,27)16-3-4-18(20)17(13-16)19(25)24-11-9-23(10-12-24)14-15-5-7-21-8-6-15/h3-8,13H,9-12,14H2,1-2H3/p+1. The lowest BCUT2D eigenvalue weighted by molar-refractivity contribution is -0.917. The van der Waals surface area contributed by atoms with E-state index in [-0.39, 0.29) is 10.5 Å². The number of carbonyl (C=O) groups is 1. The van der Waals surface area contributed by atoms with Crippen molar-refractivity contribution in [3.05, 3.63) is 59.7 Å². The molecule has 0 unspecified atom stereocenters. The van der Waals surface area contributed by atoms with Crippen LogP contribution in [0.25, 0.3) is 0 Å². The Labute approximate surface area is 164 Å². The van der Waals surface area contributed by atoms with Crippen LogP contribution in [0.5, 0.6) is 0 Å². The monoisotopic (exact) mass is 407 g/mol. The van der Waals surface area contributed by atoms with Crippen molar-refractivity contribution >= 4 is 15.9 Å². The number of pyridine rings is 1. The normalized spacial score (nSPS) is 15.8. The Kier molecular flexibility index (Phi) is 6.07.